The fraction of sp³-hybridized carbons (Fsp3) is 0.360. The Bertz CT molecular complexity index is 3250. The Morgan fingerprint density at radius 2 is 0.736 bits per heavy atom. The summed E-state index contributed by atoms with van der Waals surface area (Å²) in [6.07, 6.45) is 21.8. The van der Waals surface area contributed by atoms with E-state index in [1.807, 2.05) is 0 Å². The number of hydrogen-bond donors (Lipinski definition) is 0. The molecule has 0 radical (unpaired) electrons. The maximum Gasteiger partial charge on any atom is 0.494 e. The Morgan fingerprint density at radius 3 is 1.09 bits per heavy atom. The van der Waals surface area contributed by atoms with E-state index < -0.39 is 0 Å². The van der Waals surface area contributed by atoms with Gasteiger partial charge in [-0.25, -0.2) is 0 Å². The van der Waals surface area contributed by atoms with Gasteiger partial charge < -0.3 is 28.4 Å². The van der Waals surface area contributed by atoms with Crippen molar-refractivity contribution in [1.29, 1.82) is 0 Å². The molecule has 12 rings (SSSR count). The maximum atomic E-state index is 5.95. The highest BCUT2D eigenvalue weighted by Gasteiger charge is 2.44. The van der Waals surface area contributed by atoms with Gasteiger partial charge in [-0.2, -0.15) is 0 Å². The van der Waals surface area contributed by atoms with Crippen LogP contribution in [0, 0.1) is 0 Å². The summed E-state index contributed by atoms with van der Waals surface area (Å²) in [5.41, 5.74) is 19.4. The Labute approximate surface area is 554 Å². The lowest BCUT2D eigenvalue weighted by Crippen LogP contribution is -2.35. The van der Waals surface area contributed by atoms with E-state index in [1.165, 1.54) is 147 Å². The predicted octanol–water partition coefficient (Wildman–Crippen LogP) is 21.9. The van der Waals surface area contributed by atoms with E-state index in [9.17, 15) is 0 Å². The van der Waals surface area contributed by atoms with Crippen molar-refractivity contribution in [1.82, 2.24) is 0 Å². The highest BCUT2D eigenvalue weighted by atomic mass is 79.9. The smallest absolute Gasteiger partial charge is 0.405 e. The van der Waals surface area contributed by atoms with Crippen molar-refractivity contribution in [2.24, 2.45) is 0 Å². The first-order chi connectivity index (χ1) is 42.5. The van der Waals surface area contributed by atoms with Crippen LogP contribution in [0.15, 0.2) is 194 Å². The molecule has 8 aromatic carbocycles. The molecule has 2 fully saturated rings. The SMILES string of the molecule is Brc1ccc(N(c2ccc(Br)cc2)c2ccc3c(c2)CC3)cc1.CCC(C)c1ccc(N(c2ccc(Br)cc2)c2ccc(Br)cc2)cc1.CCCCCCCCC1(CCCCCCCC)c2cc(B3OCCO3)ccc2-c2ccc(B3OCCO3)cc21. The zero-order valence-corrected chi connectivity index (χ0v) is 57.7. The third kappa shape index (κ3) is 16.6. The molecule has 0 bridgehead atoms. The minimum Gasteiger partial charge on any atom is -0.405 e. The van der Waals surface area contributed by atoms with Gasteiger partial charge in [-0.15, -0.1) is 0 Å². The number of unbranched alkanes of at least 4 members (excludes halogenated alkanes) is 10. The Hall–Kier alpha value is -4.75. The molecule has 2 aliphatic heterocycles. The van der Waals surface area contributed by atoms with Crippen molar-refractivity contribution in [3.8, 4) is 11.1 Å². The molecule has 0 spiro atoms. The lowest BCUT2D eigenvalue weighted by Gasteiger charge is -2.33. The quantitative estimate of drug-likeness (QED) is 0.0444. The van der Waals surface area contributed by atoms with Crippen LogP contribution in [0.1, 0.15) is 158 Å². The number of halogens is 4. The molecule has 0 saturated carbocycles. The van der Waals surface area contributed by atoms with Gasteiger partial charge in [0.1, 0.15) is 0 Å². The first kappa shape index (κ1) is 65.2. The number of rotatable bonds is 24. The first-order valence-corrected chi connectivity index (χ1v) is 35.3. The van der Waals surface area contributed by atoms with Gasteiger partial charge in [0.2, 0.25) is 0 Å². The summed E-state index contributed by atoms with van der Waals surface area (Å²) >= 11 is 14.1. The van der Waals surface area contributed by atoms with Crippen molar-refractivity contribution in [3.63, 3.8) is 0 Å². The second-order valence-electron chi connectivity index (χ2n) is 23.8. The molecule has 1 atom stereocenters. The van der Waals surface area contributed by atoms with Gasteiger partial charge in [-0.05, 0) is 209 Å². The van der Waals surface area contributed by atoms with Crippen molar-refractivity contribution >= 4 is 123 Å². The number of benzene rings is 8. The summed E-state index contributed by atoms with van der Waals surface area (Å²) in [7, 11) is -0.480. The van der Waals surface area contributed by atoms with Gasteiger partial charge in [-0.1, -0.05) is 223 Å². The molecule has 8 aromatic rings. The topological polar surface area (TPSA) is 43.4 Å². The molecule has 2 heterocycles. The molecule has 0 amide bonds. The maximum absolute atomic E-state index is 5.95. The van der Waals surface area contributed by atoms with E-state index in [2.05, 4.69) is 277 Å². The van der Waals surface area contributed by atoms with Crippen molar-refractivity contribution in [3.05, 3.63) is 222 Å². The van der Waals surface area contributed by atoms with Crippen LogP contribution in [0.4, 0.5) is 34.1 Å². The van der Waals surface area contributed by atoms with Gasteiger partial charge in [0, 0.05) is 57.4 Å². The summed E-state index contributed by atoms with van der Waals surface area (Å²) < 4.78 is 28.1. The van der Waals surface area contributed by atoms with Crippen LogP contribution in [0.5, 0.6) is 0 Å². The summed E-state index contributed by atoms with van der Waals surface area (Å²) in [4.78, 5) is 4.58. The second-order valence-corrected chi connectivity index (χ2v) is 27.5. The molecule has 452 valence electrons. The van der Waals surface area contributed by atoms with Gasteiger partial charge >= 0.3 is 14.2 Å². The molecular weight excluding hydrogens is 1330 g/mol. The lowest BCUT2D eigenvalue weighted by atomic mass is 9.67. The average molecular weight is 1420 g/mol. The standard InChI is InChI=1S/C33H48B2O4.C22H21Br2N.C20H15Br2N/c1-3-5-7-9-11-13-19-33(20-14-12-10-8-6-4-2)31-25-27(34-36-21-22-37-34)15-17-29(31)30-18-16-28(26-32(30)33)35-38-23-24-39-35;1-3-16(2)17-4-10-20(11-5-17)25(21-12-6-18(23)7-13-21)22-14-8-19(24)9-15-22;21-16-4-9-18(10-5-16)23(19-11-6-17(22)7-12-19)20-8-3-14-1-2-15(14)13-20/h15-18,25-26H,3-14,19-24H2,1-2H3;4-16H,3H2,1-2H3;3-13H,1-2H2. The molecule has 2 aliphatic carbocycles. The van der Waals surface area contributed by atoms with Crippen molar-refractivity contribution in [2.75, 3.05) is 36.2 Å². The number of aryl methyl sites for hydroxylation is 2. The zero-order chi connectivity index (χ0) is 60.5. The molecule has 1 unspecified atom stereocenters. The van der Waals surface area contributed by atoms with Crippen LogP contribution in [-0.4, -0.2) is 40.7 Å². The second kappa shape index (κ2) is 32.3. The molecule has 0 aromatic heterocycles. The molecular formula is C75H84B2Br4N2O4. The van der Waals surface area contributed by atoms with E-state index in [0.717, 1.165) is 63.7 Å². The third-order valence-electron chi connectivity index (χ3n) is 17.9. The molecule has 12 heteroatoms. The highest BCUT2D eigenvalue weighted by molar-refractivity contribution is 9.11. The third-order valence-corrected chi connectivity index (χ3v) is 20.0. The fourth-order valence-electron chi connectivity index (χ4n) is 12.8. The molecule has 2 saturated heterocycles. The number of anilines is 6. The molecule has 6 nitrogen and oxygen atoms in total. The predicted molar refractivity (Wildman–Crippen MR) is 382 cm³/mol. The average Bonchev–Trinajstić information content (AvgIpc) is 1.62. The summed E-state index contributed by atoms with van der Waals surface area (Å²) in [6, 6.07) is 63.5. The summed E-state index contributed by atoms with van der Waals surface area (Å²) in [5, 5.41) is 0. The Kier molecular flexibility index (Phi) is 24.2. The van der Waals surface area contributed by atoms with Gasteiger partial charge in [0.25, 0.3) is 0 Å². The van der Waals surface area contributed by atoms with E-state index in [0.29, 0.717) is 32.3 Å². The minimum atomic E-state index is -0.240. The normalized spacial score (nSPS) is 14.7. The minimum absolute atomic E-state index is 0.0173. The zero-order valence-electron chi connectivity index (χ0n) is 51.4. The van der Waals surface area contributed by atoms with E-state index in [1.54, 1.807) is 0 Å². The van der Waals surface area contributed by atoms with Gasteiger partial charge in [0.15, 0.2) is 0 Å². The highest BCUT2D eigenvalue weighted by Crippen LogP contribution is 2.54. The molecule has 0 N–H and O–H groups in total. The number of nitrogens with zero attached hydrogens (tertiary/aromatic N) is 2. The van der Waals surface area contributed by atoms with E-state index >= 15 is 0 Å². The summed E-state index contributed by atoms with van der Waals surface area (Å²) in [6.45, 7) is 11.8. The first-order valence-electron chi connectivity index (χ1n) is 32.2. The lowest BCUT2D eigenvalue weighted by molar-refractivity contribution is 0.365. The van der Waals surface area contributed by atoms with Crippen molar-refractivity contribution < 1.29 is 18.6 Å². The monoisotopic (exact) mass is 1410 g/mol. The van der Waals surface area contributed by atoms with E-state index in [-0.39, 0.29) is 19.7 Å². The van der Waals surface area contributed by atoms with E-state index in [4.69, 9.17) is 18.6 Å². The molecule has 87 heavy (non-hydrogen) atoms. The summed E-state index contributed by atoms with van der Waals surface area (Å²) in [5.74, 6) is 0.586. The van der Waals surface area contributed by atoms with Crippen LogP contribution < -0.4 is 20.7 Å². The number of fused-ring (bicyclic) bond motifs is 4. The largest absolute Gasteiger partial charge is 0.494 e. The Balaban J connectivity index is 0.000000152. The van der Waals surface area contributed by atoms with Crippen LogP contribution >= 0.6 is 63.7 Å². The number of hydrogen-bond acceptors (Lipinski definition) is 6. The van der Waals surface area contributed by atoms with Crippen LogP contribution in [0.3, 0.4) is 0 Å². The Morgan fingerprint density at radius 1 is 0.391 bits per heavy atom. The van der Waals surface area contributed by atoms with Crippen LogP contribution in [0.2, 0.25) is 0 Å². The van der Waals surface area contributed by atoms with Gasteiger partial charge in [-0.3, -0.25) is 0 Å². The van der Waals surface area contributed by atoms with Crippen LogP contribution in [0.25, 0.3) is 11.1 Å². The fourth-order valence-corrected chi connectivity index (χ4v) is 13.8. The van der Waals surface area contributed by atoms with Crippen LogP contribution in [-0.2, 0) is 36.9 Å². The van der Waals surface area contributed by atoms with Gasteiger partial charge in [0.05, 0.1) is 26.4 Å². The molecule has 4 aliphatic rings. The van der Waals surface area contributed by atoms with Crippen molar-refractivity contribution in [2.45, 2.75) is 148 Å².